The van der Waals surface area contributed by atoms with Crippen LogP contribution in [-0.4, -0.2) is 10.9 Å². The summed E-state index contributed by atoms with van der Waals surface area (Å²) in [5, 5.41) is 11.9. The summed E-state index contributed by atoms with van der Waals surface area (Å²) in [7, 11) is 0. The van der Waals surface area contributed by atoms with Gasteiger partial charge in [0, 0.05) is 5.41 Å². The van der Waals surface area contributed by atoms with Crippen LogP contribution in [0.15, 0.2) is 5.16 Å². The first-order valence-electron chi connectivity index (χ1n) is 3.92. The van der Waals surface area contributed by atoms with Crippen molar-refractivity contribution in [1.29, 1.82) is 0 Å². The summed E-state index contributed by atoms with van der Waals surface area (Å²) < 4.78 is 0. The molecule has 0 aromatic heterocycles. The fourth-order valence-corrected chi connectivity index (χ4v) is 0.668. The van der Waals surface area contributed by atoms with Crippen LogP contribution in [0.25, 0.3) is 0 Å². The molecule has 0 fully saturated rings. The van der Waals surface area contributed by atoms with Crippen LogP contribution in [0.4, 0.5) is 0 Å². The van der Waals surface area contributed by atoms with Crippen LogP contribution in [0.5, 0.6) is 0 Å². The monoisotopic (exact) mass is 157 g/mol. The van der Waals surface area contributed by atoms with E-state index in [4.69, 9.17) is 5.21 Å². The van der Waals surface area contributed by atoms with Gasteiger partial charge in [-0.3, -0.25) is 0 Å². The van der Waals surface area contributed by atoms with E-state index >= 15 is 0 Å². The van der Waals surface area contributed by atoms with Crippen LogP contribution < -0.4 is 0 Å². The molecule has 0 atom stereocenters. The zero-order valence-electron chi connectivity index (χ0n) is 8.39. The van der Waals surface area contributed by atoms with Crippen molar-refractivity contribution in [2.45, 2.75) is 41.5 Å². The minimum Gasteiger partial charge on any atom is -0.411 e. The van der Waals surface area contributed by atoms with Crippen molar-refractivity contribution in [1.82, 2.24) is 0 Å². The lowest BCUT2D eigenvalue weighted by Gasteiger charge is -2.38. The molecule has 0 amide bonds. The average molecular weight is 157 g/mol. The van der Waals surface area contributed by atoms with Gasteiger partial charge < -0.3 is 5.21 Å². The SMILES string of the molecule is C/C(=N\O)C(C)(C)C(C)(C)C. The molecule has 0 aliphatic rings. The number of rotatable bonds is 1. The van der Waals surface area contributed by atoms with E-state index in [2.05, 4.69) is 39.8 Å². The Morgan fingerprint density at radius 2 is 1.45 bits per heavy atom. The van der Waals surface area contributed by atoms with Crippen LogP contribution in [0.1, 0.15) is 41.5 Å². The first kappa shape index (κ1) is 10.5. The summed E-state index contributed by atoms with van der Waals surface area (Å²) in [6.07, 6.45) is 0. The maximum absolute atomic E-state index is 8.62. The van der Waals surface area contributed by atoms with Crippen LogP contribution in [0.3, 0.4) is 0 Å². The predicted octanol–water partition coefficient (Wildman–Crippen LogP) is 2.91. The van der Waals surface area contributed by atoms with E-state index in [0.29, 0.717) is 0 Å². The van der Waals surface area contributed by atoms with Gasteiger partial charge in [-0.2, -0.15) is 0 Å². The largest absolute Gasteiger partial charge is 0.411 e. The van der Waals surface area contributed by atoms with Gasteiger partial charge >= 0.3 is 0 Å². The molecule has 0 spiro atoms. The van der Waals surface area contributed by atoms with Crippen LogP contribution in [-0.2, 0) is 0 Å². The Morgan fingerprint density at radius 1 is 1.09 bits per heavy atom. The fourth-order valence-electron chi connectivity index (χ4n) is 0.668. The first-order chi connectivity index (χ1) is 4.73. The summed E-state index contributed by atoms with van der Waals surface area (Å²) in [6.45, 7) is 12.4. The van der Waals surface area contributed by atoms with E-state index in [-0.39, 0.29) is 10.8 Å². The molecule has 0 unspecified atom stereocenters. The predicted molar refractivity (Wildman–Crippen MR) is 48.1 cm³/mol. The van der Waals surface area contributed by atoms with E-state index in [1.807, 2.05) is 6.92 Å². The normalized spacial score (nSPS) is 15.3. The molecule has 0 aliphatic carbocycles. The molecule has 0 aliphatic heterocycles. The molecular formula is C9H19NO. The van der Waals surface area contributed by atoms with Gasteiger partial charge in [-0.15, -0.1) is 0 Å². The molecule has 11 heavy (non-hydrogen) atoms. The lowest BCUT2D eigenvalue weighted by molar-refractivity contribution is 0.204. The number of hydrogen-bond donors (Lipinski definition) is 1. The summed E-state index contributed by atoms with van der Waals surface area (Å²) in [5.41, 5.74) is 0.857. The third-order valence-corrected chi connectivity index (χ3v) is 2.93. The van der Waals surface area contributed by atoms with Gasteiger partial charge in [-0.05, 0) is 12.3 Å². The molecule has 0 aromatic carbocycles. The van der Waals surface area contributed by atoms with Crippen molar-refractivity contribution in [3.63, 3.8) is 0 Å². The van der Waals surface area contributed by atoms with E-state index in [0.717, 1.165) is 5.71 Å². The second-order valence-corrected chi connectivity index (χ2v) is 4.56. The van der Waals surface area contributed by atoms with Gasteiger partial charge in [-0.25, -0.2) is 0 Å². The molecule has 0 rings (SSSR count). The zero-order chi connectivity index (χ0) is 9.28. The molecule has 0 radical (unpaired) electrons. The Kier molecular flexibility index (Phi) is 2.70. The minimum atomic E-state index is -0.0538. The Labute approximate surface area is 69.3 Å². The van der Waals surface area contributed by atoms with Crippen LogP contribution in [0, 0.1) is 10.8 Å². The van der Waals surface area contributed by atoms with Gasteiger partial charge in [0.2, 0.25) is 0 Å². The molecule has 2 nitrogen and oxygen atoms in total. The molecule has 0 aromatic rings. The van der Waals surface area contributed by atoms with E-state index in [9.17, 15) is 0 Å². The Hall–Kier alpha value is -0.530. The van der Waals surface area contributed by atoms with E-state index in [1.165, 1.54) is 0 Å². The smallest absolute Gasteiger partial charge is 0.0601 e. The average Bonchev–Trinajstić information content (AvgIpc) is 1.83. The molecule has 0 saturated heterocycles. The van der Waals surface area contributed by atoms with Crippen molar-refractivity contribution >= 4 is 5.71 Å². The van der Waals surface area contributed by atoms with Crippen molar-refractivity contribution in [3.8, 4) is 0 Å². The molecule has 2 heteroatoms. The van der Waals surface area contributed by atoms with Crippen LogP contribution in [0.2, 0.25) is 0 Å². The van der Waals surface area contributed by atoms with Crippen molar-refractivity contribution < 1.29 is 5.21 Å². The van der Waals surface area contributed by atoms with Crippen molar-refractivity contribution in [2.75, 3.05) is 0 Å². The quantitative estimate of drug-likeness (QED) is 0.354. The Morgan fingerprint density at radius 3 is 1.55 bits per heavy atom. The minimum absolute atomic E-state index is 0.0538. The second-order valence-electron chi connectivity index (χ2n) is 4.56. The second kappa shape index (κ2) is 2.84. The number of oxime groups is 1. The van der Waals surface area contributed by atoms with Crippen molar-refractivity contribution in [3.05, 3.63) is 0 Å². The van der Waals surface area contributed by atoms with Gasteiger partial charge in [0.15, 0.2) is 0 Å². The summed E-state index contributed by atoms with van der Waals surface area (Å²) in [4.78, 5) is 0. The molecule has 0 bridgehead atoms. The topological polar surface area (TPSA) is 32.6 Å². The summed E-state index contributed by atoms with van der Waals surface area (Å²) >= 11 is 0. The Bertz CT molecular complexity index is 163. The van der Waals surface area contributed by atoms with Gasteiger partial charge in [0.25, 0.3) is 0 Å². The molecule has 66 valence electrons. The number of nitrogens with zero attached hydrogens (tertiary/aromatic N) is 1. The van der Waals surface area contributed by atoms with Gasteiger partial charge in [0.1, 0.15) is 0 Å². The fraction of sp³-hybridized carbons (Fsp3) is 0.889. The van der Waals surface area contributed by atoms with Gasteiger partial charge in [-0.1, -0.05) is 39.8 Å². The highest BCUT2D eigenvalue weighted by molar-refractivity contribution is 5.87. The maximum Gasteiger partial charge on any atom is 0.0601 e. The molecule has 0 saturated carbocycles. The highest BCUT2D eigenvalue weighted by Gasteiger charge is 2.35. The lowest BCUT2D eigenvalue weighted by Crippen LogP contribution is -2.36. The van der Waals surface area contributed by atoms with E-state index in [1.54, 1.807) is 0 Å². The third-order valence-electron chi connectivity index (χ3n) is 2.93. The summed E-state index contributed by atoms with van der Waals surface area (Å²) in [5.74, 6) is 0. The van der Waals surface area contributed by atoms with E-state index < -0.39 is 0 Å². The molecule has 0 heterocycles. The number of hydrogen-bond acceptors (Lipinski definition) is 2. The zero-order valence-corrected chi connectivity index (χ0v) is 8.39. The maximum atomic E-state index is 8.62. The van der Waals surface area contributed by atoms with Crippen molar-refractivity contribution in [2.24, 2.45) is 16.0 Å². The third kappa shape index (κ3) is 1.95. The van der Waals surface area contributed by atoms with Crippen LogP contribution >= 0.6 is 0 Å². The summed E-state index contributed by atoms with van der Waals surface area (Å²) in [6, 6.07) is 0. The lowest BCUT2D eigenvalue weighted by atomic mass is 9.67. The molecule has 1 N–H and O–H groups in total. The van der Waals surface area contributed by atoms with Gasteiger partial charge in [0.05, 0.1) is 5.71 Å². The first-order valence-corrected chi connectivity index (χ1v) is 3.92. The Balaban J connectivity index is 4.74. The highest BCUT2D eigenvalue weighted by atomic mass is 16.4. The highest BCUT2D eigenvalue weighted by Crippen LogP contribution is 2.38. The standard InChI is InChI=1S/C9H19NO/c1-7(10-11)9(5,6)8(2,3)4/h11H,1-6H3/b10-7+. The molecular weight excluding hydrogens is 138 g/mol.